The van der Waals surface area contributed by atoms with E-state index in [1.807, 2.05) is 6.92 Å². The Balaban J connectivity index is 2.35. The maximum atomic E-state index is 13.8. The summed E-state index contributed by atoms with van der Waals surface area (Å²) in [4.78, 5) is 12.0. The van der Waals surface area contributed by atoms with Gasteiger partial charge in [0.25, 0.3) is 0 Å². The third kappa shape index (κ3) is 2.44. The third-order valence-electron chi connectivity index (χ3n) is 4.53. The summed E-state index contributed by atoms with van der Waals surface area (Å²) in [5.74, 6) is -0.276. The Morgan fingerprint density at radius 3 is 2.74 bits per heavy atom. The van der Waals surface area contributed by atoms with Gasteiger partial charge in [-0.2, -0.15) is 0 Å². The molecule has 0 bridgehead atoms. The monoisotopic (exact) mass is 264 g/mol. The maximum Gasteiger partial charge on any atom is 0.243 e. The van der Waals surface area contributed by atoms with Crippen LogP contribution in [0.25, 0.3) is 0 Å². The van der Waals surface area contributed by atoms with E-state index < -0.39 is 11.4 Å². The number of nitrogens with two attached hydrogens (primary N) is 1. The first-order valence-corrected chi connectivity index (χ1v) is 6.80. The minimum absolute atomic E-state index is 0.0818. The van der Waals surface area contributed by atoms with Crippen LogP contribution in [0, 0.1) is 17.7 Å². The fourth-order valence-electron chi connectivity index (χ4n) is 3.05. The molecule has 3 N–H and O–H groups in total. The van der Waals surface area contributed by atoms with E-state index in [0.29, 0.717) is 18.0 Å². The number of hydrogen-bond acceptors (Lipinski definition) is 2. The van der Waals surface area contributed by atoms with Crippen LogP contribution in [0.2, 0.25) is 0 Å². The number of rotatable bonds is 3. The van der Waals surface area contributed by atoms with Crippen LogP contribution in [0.1, 0.15) is 33.1 Å². The zero-order chi connectivity index (χ0) is 14.0. The Morgan fingerprint density at radius 1 is 1.42 bits per heavy atom. The Labute approximate surface area is 113 Å². The van der Waals surface area contributed by atoms with Gasteiger partial charge in [0.05, 0.1) is 5.69 Å². The molecular formula is C15H21FN2O. The number of anilines is 1. The molecule has 0 aromatic heterocycles. The Kier molecular flexibility index (Phi) is 3.78. The van der Waals surface area contributed by atoms with Crippen LogP contribution in [0.15, 0.2) is 24.3 Å². The number of carbonyl (C=O) groups excluding carboxylic acids is 1. The zero-order valence-corrected chi connectivity index (χ0v) is 11.4. The fraction of sp³-hybridized carbons (Fsp3) is 0.533. The predicted octanol–water partition coefficient (Wildman–Crippen LogP) is 2.92. The first-order valence-electron chi connectivity index (χ1n) is 6.80. The van der Waals surface area contributed by atoms with Crippen molar-refractivity contribution >= 4 is 11.6 Å². The maximum absolute atomic E-state index is 13.8. The number of carbonyl (C=O) groups is 1. The molecule has 3 unspecified atom stereocenters. The van der Waals surface area contributed by atoms with Crippen molar-refractivity contribution in [2.45, 2.75) is 38.6 Å². The summed E-state index contributed by atoms with van der Waals surface area (Å²) < 4.78 is 13.8. The molecule has 3 nitrogen and oxygen atoms in total. The van der Waals surface area contributed by atoms with Crippen molar-refractivity contribution in [1.82, 2.24) is 0 Å². The minimum Gasteiger partial charge on any atom is -0.369 e. The average molecular weight is 264 g/mol. The molecule has 1 aliphatic carbocycles. The van der Waals surface area contributed by atoms with Gasteiger partial charge in [0.1, 0.15) is 11.4 Å². The van der Waals surface area contributed by atoms with Gasteiger partial charge in [-0.3, -0.25) is 4.79 Å². The molecule has 1 aliphatic rings. The van der Waals surface area contributed by atoms with Crippen molar-refractivity contribution in [2.75, 3.05) is 5.32 Å². The summed E-state index contributed by atoms with van der Waals surface area (Å²) in [6, 6.07) is 6.40. The second kappa shape index (κ2) is 5.19. The molecule has 4 heteroatoms. The topological polar surface area (TPSA) is 55.1 Å². The summed E-state index contributed by atoms with van der Waals surface area (Å²) >= 11 is 0. The lowest BCUT2D eigenvalue weighted by atomic mass is 9.67. The van der Waals surface area contributed by atoms with Crippen LogP contribution in [0.4, 0.5) is 10.1 Å². The molecule has 104 valence electrons. The molecule has 0 heterocycles. The molecule has 1 aromatic carbocycles. The Hall–Kier alpha value is -1.58. The van der Waals surface area contributed by atoms with E-state index in [1.54, 1.807) is 18.2 Å². The van der Waals surface area contributed by atoms with Crippen LogP contribution < -0.4 is 11.1 Å². The molecule has 3 atom stereocenters. The SMILES string of the molecule is CC1CCCC(Nc2ccccc2F)(C(N)=O)C1C. The van der Waals surface area contributed by atoms with E-state index in [0.717, 1.165) is 12.8 Å². The summed E-state index contributed by atoms with van der Waals surface area (Å²) in [6.07, 6.45) is 2.66. The summed E-state index contributed by atoms with van der Waals surface area (Å²) in [6.45, 7) is 4.13. The quantitative estimate of drug-likeness (QED) is 0.882. The highest BCUT2D eigenvalue weighted by Crippen LogP contribution is 2.40. The lowest BCUT2D eigenvalue weighted by Crippen LogP contribution is -2.58. The number of benzene rings is 1. The summed E-state index contributed by atoms with van der Waals surface area (Å²) in [7, 11) is 0. The first-order chi connectivity index (χ1) is 8.97. The zero-order valence-electron chi connectivity index (χ0n) is 11.4. The van der Waals surface area contributed by atoms with Gasteiger partial charge in [0.15, 0.2) is 0 Å². The molecule has 1 amide bonds. The van der Waals surface area contributed by atoms with Gasteiger partial charge in [-0.15, -0.1) is 0 Å². The summed E-state index contributed by atoms with van der Waals surface area (Å²) in [5.41, 5.74) is 5.13. The molecule has 19 heavy (non-hydrogen) atoms. The Bertz CT molecular complexity index is 477. The number of nitrogens with one attached hydrogen (secondary N) is 1. The van der Waals surface area contributed by atoms with Crippen molar-refractivity contribution in [3.63, 3.8) is 0 Å². The Morgan fingerprint density at radius 2 is 2.11 bits per heavy atom. The van der Waals surface area contributed by atoms with Gasteiger partial charge in [0.2, 0.25) is 5.91 Å². The average Bonchev–Trinajstić information content (AvgIpc) is 2.37. The normalized spacial score (nSPS) is 30.9. The molecule has 1 fully saturated rings. The van der Waals surface area contributed by atoms with E-state index in [1.165, 1.54) is 6.07 Å². The lowest BCUT2D eigenvalue weighted by molar-refractivity contribution is -0.125. The van der Waals surface area contributed by atoms with Gasteiger partial charge in [-0.25, -0.2) is 4.39 Å². The minimum atomic E-state index is -0.847. The molecule has 0 saturated heterocycles. The third-order valence-corrected chi connectivity index (χ3v) is 4.53. The second-order valence-electron chi connectivity index (χ2n) is 5.60. The molecular weight excluding hydrogens is 243 g/mol. The van der Waals surface area contributed by atoms with E-state index in [9.17, 15) is 9.18 Å². The molecule has 0 radical (unpaired) electrons. The standard InChI is InChI=1S/C15H21FN2O/c1-10-6-5-9-15(11(10)2,14(17)19)18-13-8-4-3-7-12(13)16/h3-4,7-8,10-11,18H,5-6,9H2,1-2H3,(H2,17,19). The predicted molar refractivity (Wildman–Crippen MR) is 74.1 cm³/mol. The highest BCUT2D eigenvalue weighted by Gasteiger charge is 2.46. The van der Waals surface area contributed by atoms with Gasteiger partial charge < -0.3 is 11.1 Å². The molecule has 2 rings (SSSR count). The van der Waals surface area contributed by atoms with Crippen molar-refractivity contribution in [3.05, 3.63) is 30.1 Å². The van der Waals surface area contributed by atoms with Crippen molar-refractivity contribution in [1.29, 1.82) is 0 Å². The van der Waals surface area contributed by atoms with Crippen molar-refractivity contribution in [3.8, 4) is 0 Å². The molecule has 0 aliphatic heterocycles. The molecule has 1 saturated carbocycles. The second-order valence-corrected chi connectivity index (χ2v) is 5.60. The number of para-hydroxylation sites is 1. The number of primary amides is 1. The number of halogens is 1. The van der Waals surface area contributed by atoms with Crippen LogP contribution in [-0.2, 0) is 4.79 Å². The number of hydrogen-bond donors (Lipinski definition) is 2. The van der Waals surface area contributed by atoms with E-state index in [-0.39, 0.29) is 11.7 Å². The van der Waals surface area contributed by atoms with E-state index in [2.05, 4.69) is 12.2 Å². The van der Waals surface area contributed by atoms with Crippen LogP contribution in [0.3, 0.4) is 0 Å². The molecule has 1 aromatic rings. The first kappa shape index (κ1) is 13.8. The van der Waals surface area contributed by atoms with E-state index in [4.69, 9.17) is 5.73 Å². The van der Waals surface area contributed by atoms with Gasteiger partial charge in [-0.1, -0.05) is 38.8 Å². The van der Waals surface area contributed by atoms with Gasteiger partial charge in [0, 0.05) is 0 Å². The van der Waals surface area contributed by atoms with Crippen molar-refractivity contribution in [2.24, 2.45) is 17.6 Å². The lowest BCUT2D eigenvalue weighted by Gasteiger charge is -2.44. The van der Waals surface area contributed by atoms with Gasteiger partial charge in [-0.05, 0) is 30.4 Å². The van der Waals surface area contributed by atoms with Crippen LogP contribution >= 0.6 is 0 Å². The fourth-order valence-corrected chi connectivity index (χ4v) is 3.05. The molecule has 0 spiro atoms. The van der Waals surface area contributed by atoms with Crippen molar-refractivity contribution < 1.29 is 9.18 Å². The smallest absolute Gasteiger partial charge is 0.243 e. The van der Waals surface area contributed by atoms with E-state index >= 15 is 0 Å². The van der Waals surface area contributed by atoms with Crippen LogP contribution in [0.5, 0.6) is 0 Å². The largest absolute Gasteiger partial charge is 0.369 e. The number of amides is 1. The highest BCUT2D eigenvalue weighted by molar-refractivity contribution is 5.88. The highest BCUT2D eigenvalue weighted by atomic mass is 19.1. The summed E-state index contributed by atoms with van der Waals surface area (Å²) in [5, 5.41) is 3.09. The van der Waals surface area contributed by atoms with Gasteiger partial charge >= 0.3 is 0 Å². The van der Waals surface area contributed by atoms with Crippen LogP contribution in [-0.4, -0.2) is 11.4 Å².